The quantitative estimate of drug-likeness (QED) is 0.574. The average Bonchev–Trinajstić information content (AvgIpc) is 3.11. The maximum Gasteiger partial charge on any atom is 0.297 e. The van der Waals surface area contributed by atoms with E-state index in [1.165, 1.54) is 29.0 Å². The minimum absolute atomic E-state index is 0.0913. The van der Waals surface area contributed by atoms with Crippen molar-refractivity contribution >= 4 is 28.3 Å². The van der Waals surface area contributed by atoms with Gasteiger partial charge in [-0.15, -0.1) is 5.10 Å². The summed E-state index contributed by atoms with van der Waals surface area (Å²) in [6, 6.07) is 9.01. The molecule has 8 heteroatoms. The molecule has 0 saturated heterocycles. The fraction of sp³-hybridized carbons (Fsp3) is 0. The number of anilines is 1. The lowest BCUT2D eigenvalue weighted by atomic mass is 10.2. The number of pyridine rings is 1. The van der Waals surface area contributed by atoms with Crippen LogP contribution in [0.3, 0.4) is 0 Å². The van der Waals surface area contributed by atoms with Crippen molar-refractivity contribution < 1.29 is 9.18 Å². The fourth-order valence-corrected chi connectivity index (χ4v) is 2.38. The molecule has 0 saturated carbocycles. The van der Waals surface area contributed by atoms with E-state index < -0.39 is 11.7 Å². The highest BCUT2D eigenvalue weighted by atomic mass is 19.1. The molecule has 7 nitrogen and oxygen atoms in total. The summed E-state index contributed by atoms with van der Waals surface area (Å²) in [6.07, 6.45) is 1.36. The van der Waals surface area contributed by atoms with Crippen LogP contribution in [0.5, 0.6) is 0 Å². The summed E-state index contributed by atoms with van der Waals surface area (Å²) in [7, 11) is 0. The summed E-state index contributed by atoms with van der Waals surface area (Å²) >= 11 is 0. The van der Waals surface area contributed by atoms with Gasteiger partial charge >= 0.3 is 0 Å². The van der Waals surface area contributed by atoms with Crippen molar-refractivity contribution in [3.63, 3.8) is 0 Å². The lowest BCUT2D eigenvalue weighted by Gasteiger charge is -2.04. The van der Waals surface area contributed by atoms with E-state index >= 15 is 0 Å². The molecule has 3 heterocycles. The fourth-order valence-electron chi connectivity index (χ4n) is 2.38. The van der Waals surface area contributed by atoms with Crippen LogP contribution in [0.2, 0.25) is 0 Å². The number of halogens is 1. The monoisotopic (exact) mass is 296 g/mol. The molecule has 1 aromatic carbocycles. The van der Waals surface area contributed by atoms with Crippen LogP contribution in [0.25, 0.3) is 16.6 Å². The van der Waals surface area contributed by atoms with Gasteiger partial charge in [0.25, 0.3) is 5.91 Å². The van der Waals surface area contributed by atoms with Crippen LogP contribution in [-0.4, -0.2) is 30.3 Å². The zero-order chi connectivity index (χ0) is 15.3. The number of nitrogens with two attached hydrogens (primary N) is 1. The summed E-state index contributed by atoms with van der Waals surface area (Å²) in [6.45, 7) is 0. The molecule has 0 fully saturated rings. The number of carbonyl (C=O) groups excluding carboxylic acids is 1. The Kier molecular flexibility index (Phi) is 2.46. The first kappa shape index (κ1) is 12.5. The van der Waals surface area contributed by atoms with E-state index in [4.69, 9.17) is 5.73 Å². The predicted octanol–water partition coefficient (Wildman–Crippen LogP) is 1.49. The second kappa shape index (κ2) is 4.35. The van der Waals surface area contributed by atoms with E-state index in [-0.39, 0.29) is 11.5 Å². The van der Waals surface area contributed by atoms with Gasteiger partial charge in [0.05, 0.1) is 5.52 Å². The molecule has 0 amide bonds. The van der Waals surface area contributed by atoms with E-state index in [2.05, 4.69) is 15.2 Å². The van der Waals surface area contributed by atoms with Gasteiger partial charge < -0.3 is 5.73 Å². The number of hydrogen-bond donors (Lipinski definition) is 1. The Labute approximate surface area is 122 Å². The summed E-state index contributed by atoms with van der Waals surface area (Å²) in [5.74, 6) is -0.775. The number of aromatic nitrogens is 5. The molecular formula is C14H9FN6O. The second-order valence-electron chi connectivity index (χ2n) is 4.70. The van der Waals surface area contributed by atoms with Gasteiger partial charge in [-0.05, 0) is 30.3 Å². The highest BCUT2D eigenvalue weighted by Crippen LogP contribution is 2.22. The minimum Gasteiger partial charge on any atom is -0.382 e. The average molecular weight is 296 g/mol. The molecule has 108 valence electrons. The van der Waals surface area contributed by atoms with Crippen LogP contribution in [0.1, 0.15) is 10.5 Å². The first-order valence-electron chi connectivity index (χ1n) is 6.42. The van der Waals surface area contributed by atoms with Crippen molar-refractivity contribution in [3.8, 4) is 0 Å². The molecule has 0 unspecified atom stereocenters. The Morgan fingerprint density at radius 1 is 1.23 bits per heavy atom. The van der Waals surface area contributed by atoms with Crippen molar-refractivity contribution in [2.45, 2.75) is 0 Å². The zero-order valence-electron chi connectivity index (χ0n) is 11.1. The van der Waals surface area contributed by atoms with E-state index in [0.717, 1.165) is 4.68 Å². The molecule has 2 N–H and O–H groups in total. The van der Waals surface area contributed by atoms with Gasteiger partial charge in [-0.25, -0.2) is 13.9 Å². The molecule has 4 aromatic rings. The number of rotatable bonds is 1. The van der Waals surface area contributed by atoms with Gasteiger partial charge in [0.1, 0.15) is 17.8 Å². The summed E-state index contributed by atoms with van der Waals surface area (Å²) in [5.41, 5.74) is 7.02. The normalized spacial score (nSPS) is 11.3. The van der Waals surface area contributed by atoms with Crippen molar-refractivity contribution in [1.82, 2.24) is 24.4 Å². The van der Waals surface area contributed by atoms with Gasteiger partial charge in [-0.3, -0.25) is 4.79 Å². The second-order valence-corrected chi connectivity index (χ2v) is 4.70. The Morgan fingerprint density at radius 2 is 2.09 bits per heavy atom. The third kappa shape index (κ3) is 1.67. The van der Waals surface area contributed by atoms with Crippen molar-refractivity contribution in [3.05, 3.63) is 54.2 Å². The topological polar surface area (TPSA) is 91.1 Å². The zero-order valence-corrected chi connectivity index (χ0v) is 11.1. The number of carbonyl (C=O) groups is 1. The van der Waals surface area contributed by atoms with Crippen LogP contribution in [0.15, 0.2) is 42.7 Å². The number of nitrogens with zero attached hydrogens (tertiary/aromatic N) is 5. The van der Waals surface area contributed by atoms with Gasteiger partial charge in [0.2, 0.25) is 0 Å². The smallest absolute Gasteiger partial charge is 0.297 e. The van der Waals surface area contributed by atoms with Crippen molar-refractivity contribution in [2.24, 2.45) is 0 Å². The van der Waals surface area contributed by atoms with Crippen LogP contribution in [0.4, 0.5) is 10.2 Å². The lowest BCUT2D eigenvalue weighted by molar-refractivity contribution is 0.0943. The third-order valence-corrected chi connectivity index (χ3v) is 3.38. The number of nitrogen functional groups attached to an aromatic ring is 1. The molecule has 4 rings (SSSR count). The van der Waals surface area contributed by atoms with E-state index in [1.807, 2.05) is 0 Å². The Morgan fingerprint density at radius 3 is 2.95 bits per heavy atom. The molecule has 0 aliphatic heterocycles. The molecule has 0 aliphatic rings. The number of benzene rings is 1. The summed E-state index contributed by atoms with van der Waals surface area (Å²) < 4.78 is 15.9. The SMILES string of the molecule is Nc1nn(C(=O)c2cccc3ncnn23)c2ccc(F)cc12. The standard InChI is InChI=1S/C14H9FN6O/c15-8-4-5-10-9(6-8)13(16)19-21(10)14(22)11-2-1-3-12-17-7-18-20(11)12/h1-7H,(H2,16,19). The molecule has 0 aliphatic carbocycles. The number of hydrogen-bond acceptors (Lipinski definition) is 5. The highest BCUT2D eigenvalue weighted by molar-refractivity contribution is 6.02. The third-order valence-electron chi connectivity index (χ3n) is 3.38. The lowest BCUT2D eigenvalue weighted by Crippen LogP contribution is -2.17. The van der Waals surface area contributed by atoms with E-state index in [9.17, 15) is 9.18 Å². The summed E-state index contributed by atoms with van der Waals surface area (Å²) in [4.78, 5) is 16.8. The minimum atomic E-state index is -0.440. The van der Waals surface area contributed by atoms with Crippen LogP contribution in [-0.2, 0) is 0 Å². The van der Waals surface area contributed by atoms with Crippen LogP contribution < -0.4 is 5.73 Å². The molecule has 3 aromatic heterocycles. The molecule has 22 heavy (non-hydrogen) atoms. The molecule has 0 atom stereocenters. The Bertz CT molecular complexity index is 1030. The Hall–Kier alpha value is -3.29. The first-order valence-corrected chi connectivity index (χ1v) is 6.42. The molecule has 0 bridgehead atoms. The van der Waals surface area contributed by atoms with Gasteiger partial charge in [0, 0.05) is 5.39 Å². The van der Waals surface area contributed by atoms with Gasteiger partial charge in [0.15, 0.2) is 11.5 Å². The maximum absolute atomic E-state index is 13.3. The maximum atomic E-state index is 13.3. The molecular weight excluding hydrogens is 287 g/mol. The first-order chi connectivity index (χ1) is 10.6. The van der Waals surface area contributed by atoms with Crippen molar-refractivity contribution in [2.75, 3.05) is 5.73 Å². The van der Waals surface area contributed by atoms with E-state index in [1.54, 1.807) is 18.2 Å². The molecule has 0 spiro atoms. The van der Waals surface area contributed by atoms with Crippen LogP contribution >= 0.6 is 0 Å². The van der Waals surface area contributed by atoms with Crippen molar-refractivity contribution in [1.29, 1.82) is 0 Å². The van der Waals surface area contributed by atoms with Crippen LogP contribution in [0, 0.1) is 5.82 Å². The highest BCUT2D eigenvalue weighted by Gasteiger charge is 2.19. The van der Waals surface area contributed by atoms with E-state index in [0.29, 0.717) is 16.6 Å². The predicted molar refractivity (Wildman–Crippen MR) is 76.8 cm³/mol. The van der Waals surface area contributed by atoms with Gasteiger partial charge in [-0.1, -0.05) is 6.07 Å². The summed E-state index contributed by atoms with van der Waals surface area (Å²) in [5, 5.41) is 8.42. The molecule has 0 radical (unpaired) electrons. The Balaban J connectivity index is 1.95. The van der Waals surface area contributed by atoms with Gasteiger partial charge in [-0.2, -0.15) is 9.78 Å². The number of fused-ring (bicyclic) bond motifs is 2. The largest absolute Gasteiger partial charge is 0.382 e.